The van der Waals surface area contributed by atoms with E-state index in [2.05, 4.69) is 10.3 Å². The molecule has 0 saturated heterocycles. The number of fused-ring (bicyclic) bond motifs is 4. The zero-order valence-electron chi connectivity index (χ0n) is 23.8. The van der Waals surface area contributed by atoms with Gasteiger partial charge in [0.2, 0.25) is 0 Å². The highest BCUT2D eigenvalue weighted by Gasteiger charge is 2.38. The molecule has 15 heteroatoms. The molecule has 2 aromatic carbocycles. The summed E-state index contributed by atoms with van der Waals surface area (Å²) in [6.45, 7) is 3.51. The number of methoxy groups -OCH3 is 1. The second kappa shape index (κ2) is 12.9. The minimum Gasteiger partial charge on any atom is -0.497 e. The zero-order valence-corrected chi connectivity index (χ0v) is 26.2. The van der Waals surface area contributed by atoms with Crippen molar-refractivity contribution in [1.82, 2.24) is 10.3 Å². The van der Waals surface area contributed by atoms with Crippen molar-refractivity contribution in [2.75, 3.05) is 36.7 Å². The summed E-state index contributed by atoms with van der Waals surface area (Å²) in [5.74, 6) is -1.80. The predicted molar refractivity (Wildman–Crippen MR) is 169 cm³/mol. The van der Waals surface area contributed by atoms with E-state index in [4.69, 9.17) is 30.6 Å². The topological polar surface area (TPSA) is 171 Å². The van der Waals surface area contributed by atoms with Crippen LogP contribution >= 0.6 is 33.2 Å². The first-order chi connectivity index (χ1) is 21.0. The molecule has 12 nitrogen and oxygen atoms in total. The van der Waals surface area contributed by atoms with Gasteiger partial charge in [0.25, 0.3) is 5.91 Å². The van der Waals surface area contributed by atoms with E-state index in [1.165, 1.54) is 39.7 Å². The average molecular weight is 662 g/mol. The standard InChI is InChI=1S/C29H28ClN3O9S2/c1-13-22(28(37)38)24-23-16(11-30)12-33(26(34)21-9-15-8-17(40-3)4-5-19(15)41-21)18(23)10-20(25(24)32-13)42-29(39)31-6-7-43-44-14(2)27(35)36/h4-5,8-10,14,16,32H,6-7,11-12H2,1-3H3,(H,31,39)(H,35,36)(H,37,38)/t14?,16-/m1/s1. The van der Waals surface area contributed by atoms with Gasteiger partial charge in [-0.2, -0.15) is 0 Å². The molecule has 0 bridgehead atoms. The molecule has 0 saturated carbocycles. The highest BCUT2D eigenvalue weighted by molar-refractivity contribution is 8.77. The molecule has 0 aliphatic carbocycles. The van der Waals surface area contributed by atoms with Crippen molar-refractivity contribution in [2.24, 2.45) is 0 Å². The van der Waals surface area contributed by atoms with Crippen molar-refractivity contribution in [3.8, 4) is 11.5 Å². The number of rotatable bonds is 11. The predicted octanol–water partition coefficient (Wildman–Crippen LogP) is 5.86. The Labute approximate surface area is 263 Å². The number of hydrogen-bond acceptors (Lipinski definition) is 9. The van der Waals surface area contributed by atoms with Gasteiger partial charge < -0.3 is 39.3 Å². The number of aromatic nitrogens is 1. The molecular formula is C29H28ClN3O9S2. The van der Waals surface area contributed by atoms with E-state index in [0.29, 0.717) is 44.8 Å². The first-order valence-electron chi connectivity index (χ1n) is 13.4. The van der Waals surface area contributed by atoms with Gasteiger partial charge in [0.1, 0.15) is 16.6 Å². The van der Waals surface area contributed by atoms with Crippen LogP contribution in [0.2, 0.25) is 0 Å². The summed E-state index contributed by atoms with van der Waals surface area (Å²) >= 11 is 6.37. The van der Waals surface area contributed by atoms with Gasteiger partial charge in [-0.25, -0.2) is 9.59 Å². The van der Waals surface area contributed by atoms with Crippen molar-refractivity contribution in [1.29, 1.82) is 0 Å². The summed E-state index contributed by atoms with van der Waals surface area (Å²) in [4.78, 5) is 54.5. The van der Waals surface area contributed by atoms with E-state index in [0.717, 1.165) is 0 Å². The molecule has 4 aromatic rings. The monoisotopic (exact) mass is 661 g/mol. The van der Waals surface area contributed by atoms with Gasteiger partial charge in [0.05, 0.1) is 23.9 Å². The summed E-state index contributed by atoms with van der Waals surface area (Å²) in [7, 11) is 4.00. The molecule has 1 unspecified atom stereocenters. The highest BCUT2D eigenvalue weighted by Crippen LogP contribution is 2.48. The average Bonchev–Trinajstić information content (AvgIpc) is 3.68. The number of H-pyrrole nitrogens is 1. The number of anilines is 1. The van der Waals surface area contributed by atoms with Crippen LogP contribution in [0.1, 0.15) is 45.0 Å². The number of benzene rings is 2. The van der Waals surface area contributed by atoms with Crippen LogP contribution in [0.3, 0.4) is 0 Å². The number of nitrogens with one attached hydrogen (secondary N) is 2. The number of amides is 2. The lowest BCUT2D eigenvalue weighted by Gasteiger charge is -2.17. The number of furan rings is 1. The van der Waals surface area contributed by atoms with E-state index in [9.17, 15) is 24.3 Å². The van der Waals surface area contributed by atoms with Crippen molar-refractivity contribution in [2.45, 2.75) is 25.0 Å². The van der Waals surface area contributed by atoms with Crippen LogP contribution in [0, 0.1) is 6.92 Å². The first kappa shape index (κ1) is 31.4. The molecule has 0 fully saturated rings. The van der Waals surface area contributed by atoms with Gasteiger partial charge >= 0.3 is 18.0 Å². The lowest BCUT2D eigenvalue weighted by molar-refractivity contribution is -0.136. The molecule has 5 rings (SSSR count). The SMILES string of the molecule is COc1ccc2oc(C(=O)N3C[C@@H](CCl)c4c3cc(OC(=O)NCCSSC(C)C(=O)O)c3[nH]c(C)c(C(=O)O)c43)cc2c1. The lowest BCUT2D eigenvalue weighted by atomic mass is 9.95. The minimum absolute atomic E-state index is 0.0108. The molecule has 0 radical (unpaired) electrons. The third-order valence-electron chi connectivity index (χ3n) is 7.15. The van der Waals surface area contributed by atoms with Crippen LogP contribution in [0.5, 0.6) is 11.5 Å². The second-order valence-electron chi connectivity index (χ2n) is 9.98. The number of hydrogen-bond donors (Lipinski definition) is 4. The molecule has 44 heavy (non-hydrogen) atoms. The molecule has 2 aromatic heterocycles. The maximum atomic E-state index is 13.9. The molecule has 2 atom stereocenters. The summed E-state index contributed by atoms with van der Waals surface area (Å²) in [6.07, 6.45) is -0.803. The Kier molecular flexibility index (Phi) is 9.23. The zero-order chi connectivity index (χ0) is 31.7. The van der Waals surface area contributed by atoms with Crippen LogP contribution in [0.4, 0.5) is 10.5 Å². The number of carbonyl (C=O) groups is 4. The van der Waals surface area contributed by atoms with E-state index in [-0.39, 0.29) is 41.6 Å². The van der Waals surface area contributed by atoms with Crippen molar-refractivity contribution in [3.05, 3.63) is 52.9 Å². The van der Waals surface area contributed by atoms with E-state index in [1.54, 1.807) is 38.1 Å². The van der Waals surface area contributed by atoms with Gasteiger partial charge in [0.15, 0.2) is 11.5 Å². The van der Waals surface area contributed by atoms with Crippen LogP contribution in [-0.2, 0) is 4.79 Å². The third kappa shape index (κ3) is 6.01. The largest absolute Gasteiger partial charge is 0.497 e. The fraction of sp³-hybridized carbons (Fsp3) is 0.310. The Morgan fingerprint density at radius 2 is 2.00 bits per heavy atom. The number of carbonyl (C=O) groups excluding carboxylic acids is 2. The highest BCUT2D eigenvalue weighted by atomic mass is 35.5. The number of alkyl halides is 1. The number of carboxylic acid groups (broad SMARTS) is 2. The van der Waals surface area contributed by atoms with E-state index in [1.807, 2.05) is 0 Å². The van der Waals surface area contributed by atoms with Gasteiger partial charge in [-0.1, -0.05) is 21.6 Å². The van der Waals surface area contributed by atoms with Crippen molar-refractivity contribution in [3.63, 3.8) is 0 Å². The quantitative estimate of drug-likeness (QED) is 0.0862. The van der Waals surface area contributed by atoms with Crippen LogP contribution in [0.15, 0.2) is 34.7 Å². The minimum atomic E-state index is -1.19. The maximum absolute atomic E-state index is 13.9. The van der Waals surface area contributed by atoms with Crippen LogP contribution < -0.4 is 19.7 Å². The van der Waals surface area contributed by atoms with E-state index >= 15 is 0 Å². The van der Waals surface area contributed by atoms with Crippen LogP contribution in [0.25, 0.3) is 21.9 Å². The third-order valence-corrected chi connectivity index (χ3v) is 10.3. The fourth-order valence-electron chi connectivity index (χ4n) is 5.10. The molecule has 232 valence electrons. The number of aliphatic carboxylic acids is 1. The summed E-state index contributed by atoms with van der Waals surface area (Å²) < 4.78 is 16.8. The number of carboxylic acids is 2. The fourth-order valence-corrected chi connectivity index (χ4v) is 7.32. The molecular weight excluding hydrogens is 634 g/mol. The molecule has 3 heterocycles. The lowest BCUT2D eigenvalue weighted by Crippen LogP contribution is -2.30. The Hall–Kier alpha value is -4.01. The van der Waals surface area contributed by atoms with Crippen molar-refractivity contribution >= 4 is 84.7 Å². The van der Waals surface area contributed by atoms with Gasteiger partial charge in [-0.05, 0) is 43.7 Å². The Balaban J connectivity index is 1.49. The normalized spacial score (nSPS) is 14.9. The molecule has 1 aliphatic heterocycles. The number of aromatic amines is 1. The molecule has 1 aliphatic rings. The smallest absolute Gasteiger partial charge is 0.412 e. The van der Waals surface area contributed by atoms with E-state index < -0.39 is 35.1 Å². The number of nitrogens with zero attached hydrogens (tertiary/aromatic N) is 1. The molecule has 0 spiro atoms. The first-order valence-corrected chi connectivity index (χ1v) is 16.3. The summed E-state index contributed by atoms with van der Waals surface area (Å²) in [5, 5.41) is 22.1. The Morgan fingerprint density at radius 1 is 1.23 bits per heavy atom. The maximum Gasteiger partial charge on any atom is 0.412 e. The van der Waals surface area contributed by atoms with Gasteiger partial charge in [0, 0.05) is 53.2 Å². The summed E-state index contributed by atoms with van der Waals surface area (Å²) in [6, 6.07) is 8.29. The summed E-state index contributed by atoms with van der Waals surface area (Å²) in [5.41, 5.74) is 2.01. The van der Waals surface area contributed by atoms with Crippen LogP contribution in [-0.4, -0.2) is 76.2 Å². The second-order valence-corrected chi connectivity index (χ2v) is 13.1. The Bertz CT molecular complexity index is 1790. The number of ether oxygens (including phenoxy) is 2. The number of aromatic carboxylic acids is 1. The molecule has 4 N–H and O–H groups in total. The molecule has 2 amide bonds. The van der Waals surface area contributed by atoms with Gasteiger partial charge in [-0.15, -0.1) is 11.6 Å². The van der Waals surface area contributed by atoms with Gasteiger partial charge in [-0.3, -0.25) is 9.59 Å². The number of halogens is 1. The Morgan fingerprint density at radius 3 is 2.68 bits per heavy atom. The number of aryl methyl sites for hydroxylation is 1. The van der Waals surface area contributed by atoms with Crippen molar-refractivity contribution < 1.29 is 43.3 Å².